The van der Waals surface area contributed by atoms with E-state index in [1.165, 1.54) is 0 Å². The summed E-state index contributed by atoms with van der Waals surface area (Å²) in [5.74, 6) is -0.966. The Balaban J connectivity index is 2.15. The molecule has 2 heterocycles. The van der Waals surface area contributed by atoms with Gasteiger partial charge in [-0.25, -0.2) is 18.3 Å². The molecule has 2 amide bonds. The number of aromatic nitrogens is 4. The monoisotopic (exact) mass is 456 g/mol. The van der Waals surface area contributed by atoms with Gasteiger partial charge in [0.05, 0.1) is 18.3 Å². The molecule has 0 radical (unpaired) electrons. The SMILES string of the molecule is Cn1cc(C[C@@H](NC(=O)OC(C)(C)C)C(=O)NC(C)(C)Cn2nc(C(F)F)cc2O)cn1. The molecule has 1 atom stereocenters. The average molecular weight is 456 g/mol. The van der Waals surface area contributed by atoms with Gasteiger partial charge in [-0.05, 0) is 40.2 Å². The summed E-state index contributed by atoms with van der Waals surface area (Å²) >= 11 is 0. The zero-order chi connectivity index (χ0) is 24.3. The molecular weight excluding hydrogens is 426 g/mol. The van der Waals surface area contributed by atoms with E-state index in [9.17, 15) is 23.5 Å². The molecule has 3 N–H and O–H groups in total. The molecule has 0 saturated carbocycles. The van der Waals surface area contributed by atoms with Crippen molar-refractivity contribution in [2.75, 3.05) is 0 Å². The van der Waals surface area contributed by atoms with Crippen LogP contribution in [0.4, 0.5) is 13.6 Å². The smallest absolute Gasteiger partial charge is 0.408 e. The van der Waals surface area contributed by atoms with Crippen LogP contribution in [-0.4, -0.2) is 53.8 Å². The normalized spacial score (nSPS) is 13.2. The number of ether oxygens (including phenoxy) is 1. The van der Waals surface area contributed by atoms with Crippen LogP contribution in [0.15, 0.2) is 18.5 Å². The van der Waals surface area contributed by atoms with E-state index in [1.54, 1.807) is 58.7 Å². The quantitative estimate of drug-likeness (QED) is 0.560. The van der Waals surface area contributed by atoms with Gasteiger partial charge in [0.25, 0.3) is 6.43 Å². The molecule has 2 aromatic rings. The summed E-state index contributed by atoms with van der Waals surface area (Å²) in [7, 11) is 1.73. The third-order valence-corrected chi connectivity index (χ3v) is 4.21. The number of nitrogens with zero attached hydrogens (tertiary/aromatic N) is 4. The number of alkyl halides is 2. The molecule has 0 aliphatic carbocycles. The fourth-order valence-electron chi connectivity index (χ4n) is 2.96. The largest absolute Gasteiger partial charge is 0.493 e. The first kappa shape index (κ1) is 25.1. The van der Waals surface area contributed by atoms with Crippen LogP contribution in [0.3, 0.4) is 0 Å². The Morgan fingerprint density at radius 3 is 2.41 bits per heavy atom. The Hall–Kier alpha value is -3.18. The van der Waals surface area contributed by atoms with Gasteiger partial charge in [-0.15, -0.1) is 0 Å². The number of carbonyl (C=O) groups excluding carboxylic acids is 2. The molecular formula is C20H30F2N6O4. The van der Waals surface area contributed by atoms with Crippen molar-refractivity contribution in [3.63, 3.8) is 0 Å². The van der Waals surface area contributed by atoms with Crippen LogP contribution < -0.4 is 10.6 Å². The number of nitrogens with one attached hydrogen (secondary N) is 2. The van der Waals surface area contributed by atoms with Crippen molar-refractivity contribution in [2.45, 2.75) is 71.2 Å². The van der Waals surface area contributed by atoms with Crippen LogP contribution in [0.2, 0.25) is 0 Å². The molecule has 2 aromatic heterocycles. The van der Waals surface area contributed by atoms with E-state index < -0.39 is 47.2 Å². The standard InChI is InChI=1S/C20H30F2N6O4/c1-19(2,3)32-18(31)24-14(7-12-9-23-27(6)10-12)17(30)25-20(4,5)11-28-15(29)8-13(26-28)16(21)22/h8-10,14,16,29H,7,11H2,1-6H3,(H,24,31)(H,25,30)/t14-/m1/s1. The fourth-order valence-corrected chi connectivity index (χ4v) is 2.96. The van der Waals surface area contributed by atoms with Crippen molar-refractivity contribution in [3.8, 4) is 5.88 Å². The van der Waals surface area contributed by atoms with Crippen molar-refractivity contribution in [1.82, 2.24) is 30.2 Å². The molecule has 178 valence electrons. The van der Waals surface area contributed by atoms with Crippen LogP contribution in [0.1, 0.15) is 52.3 Å². The molecule has 0 fully saturated rings. The van der Waals surface area contributed by atoms with Crippen LogP contribution in [0.5, 0.6) is 5.88 Å². The van der Waals surface area contributed by atoms with E-state index in [2.05, 4.69) is 20.8 Å². The lowest BCUT2D eigenvalue weighted by molar-refractivity contribution is -0.125. The minimum Gasteiger partial charge on any atom is -0.493 e. The van der Waals surface area contributed by atoms with Crippen molar-refractivity contribution in [1.29, 1.82) is 0 Å². The molecule has 12 heteroatoms. The first-order chi connectivity index (χ1) is 14.6. The number of hydrogen-bond donors (Lipinski definition) is 3. The second kappa shape index (κ2) is 9.53. The summed E-state index contributed by atoms with van der Waals surface area (Å²) in [6.07, 6.45) is -0.143. The van der Waals surface area contributed by atoms with Gasteiger partial charge in [0, 0.05) is 25.7 Å². The highest BCUT2D eigenvalue weighted by molar-refractivity contribution is 5.86. The summed E-state index contributed by atoms with van der Waals surface area (Å²) < 4.78 is 33.5. The van der Waals surface area contributed by atoms with E-state index in [-0.39, 0.29) is 13.0 Å². The molecule has 10 nitrogen and oxygen atoms in total. The Labute approximate surface area is 184 Å². The Morgan fingerprint density at radius 2 is 1.91 bits per heavy atom. The van der Waals surface area contributed by atoms with Crippen LogP contribution in [0, 0.1) is 0 Å². The Morgan fingerprint density at radius 1 is 1.25 bits per heavy atom. The van der Waals surface area contributed by atoms with Crippen molar-refractivity contribution >= 4 is 12.0 Å². The van der Waals surface area contributed by atoms with Crippen molar-refractivity contribution < 1.29 is 28.2 Å². The molecule has 0 saturated heterocycles. The number of amides is 2. The topological polar surface area (TPSA) is 123 Å². The van der Waals surface area contributed by atoms with E-state index in [1.807, 2.05) is 0 Å². The van der Waals surface area contributed by atoms with E-state index in [0.717, 1.165) is 10.7 Å². The van der Waals surface area contributed by atoms with Gasteiger partial charge in [-0.2, -0.15) is 10.2 Å². The third-order valence-electron chi connectivity index (χ3n) is 4.21. The summed E-state index contributed by atoms with van der Waals surface area (Å²) in [6.45, 7) is 8.32. The lowest BCUT2D eigenvalue weighted by Crippen LogP contribution is -2.55. The zero-order valence-electron chi connectivity index (χ0n) is 19.0. The molecule has 0 aliphatic rings. The minimum atomic E-state index is -2.83. The molecule has 0 bridgehead atoms. The van der Waals surface area contributed by atoms with E-state index in [0.29, 0.717) is 5.56 Å². The second-order valence-electron chi connectivity index (χ2n) is 9.18. The zero-order valence-corrected chi connectivity index (χ0v) is 19.0. The average Bonchev–Trinajstić information content (AvgIpc) is 3.17. The number of rotatable bonds is 8. The van der Waals surface area contributed by atoms with E-state index in [4.69, 9.17) is 4.74 Å². The molecule has 0 spiro atoms. The predicted octanol–water partition coefficient (Wildman–Crippen LogP) is 2.29. The summed E-state index contributed by atoms with van der Waals surface area (Å²) in [4.78, 5) is 25.3. The Bertz CT molecular complexity index is 948. The molecule has 0 unspecified atom stereocenters. The first-order valence-electron chi connectivity index (χ1n) is 9.99. The summed E-state index contributed by atoms with van der Waals surface area (Å²) in [5.41, 5.74) is -1.60. The van der Waals surface area contributed by atoms with Crippen LogP contribution in [0.25, 0.3) is 0 Å². The maximum Gasteiger partial charge on any atom is 0.408 e. The molecule has 0 aromatic carbocycles. The van der Waals surface area contributed by atoms with E-state index >= 15 is 0 Å². The predicted molar refractivity (Wildman–Crippen MR) is 111 cm³/mol. The van der Waals surface area contributed by atoms with Gasteiger partial charge in [-0.3, -0.25) is 9.48 Å². The summed E-state index contributed by atoms with van der Waals surface area (Å²) in [6, 6.07) is -0.117. The fraction of sp³-hybridized carbons (Fsp3) is 0.600. The number of aryl methyl sites for hydroxylation is 1. The number of halogens is 2. The van der Waals surface area contributed by atoms with Crippen LogP contribution in [-0.2, 0) is 29.5 Å². The highest BCUT2D eigenvalue weighted by atomic mass is 19.3. The molecule has 0 aliphatic heterocycles. The number of aromatic hydroxyl groups is 1. The summed E-state index contributed by atoms with van der Waals surface area (Å²) in [5, 5.41) is 23.0. The molecule has 32 heavy (non-hydrogen) atoms. The number of carbonyl (C=O) groups is 2. The van der Waals surface area contributed by atoms with Gasteiger partial charge in [0.1, 0.15) is 17.3 Å². The third kappa shape index (κ3) is 7.50. The van der Waals surface area contributed by atoms with Gasteiger partial charge in [-0.1, -0.05) is 0 Å². The van der Waals surface area contributed by atoms with Gasteiger partial charge in [0.2, 0.25) is 11.8 Å². The minimum absolute atomic E-state index is 0.0800. The lowest BCUT2D eigenvalue weighted by Gasteiger charge is -2.29. The second-order valence-corrected chi connectivity index (χ2v) is 9.18. The lowest BCUT2D eigenvalue weighted by atomic mass is 10.0. The number of hydrogen-bond acceptors (Lipinski definition) is 6. The van der Waals surface area contributed by atoms with Gasteiger partial charge >= 0.3 is 6.09 Å². The maximum absolute atomic E-state index is 13.0. The molecule has 2 rings (SSSR count). The highest BCUT2D eigenvalue weighted by Crippen LogP contribution is 2.23. The van der Waals surface area contributed by atoms with Gasteiger partial charge in [0.15, 0.2) is 0 Å². The van der Waals surface area contributed by atoms with Crippen molar-refractivity contribution in [2.24, 2.45) is 7.05 Å². The first-order valence-corrected chi connectivity index (χ1v) is 9.99. The van der Waals surface area contributed by atoms with Crippen molar-refractivity contribution in [3.05, 3.63) is 29.7 Å². The Kier molecular flexibility index (Phi) is 7.47. The number of alkyl carbamates (subject to hydrolysis) is 1. The highest BCUT2D eigenvalue weighted by Gasteiger charge is 2.30. The maximum atomic E-state index is 13.0. The van der Waals surface area contributed by atoms with Crippen LogP contribution >= 0.6 is 0 Å². The van der Waals surface area contributed by atoms with Gasteiger partial charge < -0.3 is 20.5 Å².